The van der Waals surface area contributed by atoms with Crippen LogP contribution >= 0.6 is 0 Å². The maximum absolute atomic E-state index is 10.5. The van der Waals surface area contributed by atoms with E-state index in [2.05, 4.69) is 5.32 Å². The zero-order valence-corrected chi connectivity index (χ0v) is 11.1. The first-order valence-electron chi connectivity index (χ1n) is 6.01. The summed E-state index contributed by atoms with van der Waals surface area (Å²) in [7, 11) is 0. The van der Waals surface area contributed by atoms with Gasteiger partial charge < -0.3 is 14.2 Å². The third-order valence-electron chi connectivity index (χ3n) is 2.96. The van der Waals surface area contributed by atoms with E-state index < -0.39 is 4.92 Å². The van der Waals surface area contributed by atoms with Crippen LogP contribution in [-0.4, -0.2) is 4.92 Å². The van der Waals surface area contributed by atoms with Crippen molar-refractivity contribution in [1.29, 1.82) is 0 Å². The summed E-state index contributed by atoms with van der Waals surface area (Å²) >= 11 is 0. The van der Waals surface area contributed by atoms with Gasteiger partial charge in [0.25, 0.3) is 0 Å². The van der Waals surface area contributed by atoms with Crippen LogP contribution in [0.2, 0.25) is 0 Å². The second-order valence-electron chi connectivity index (χ2n) is 4.47. The molecule has 0 bridgehead atoms. The van der Waals surface area contributed by atoms with Gasteiger partial charge in [-0.2, -0.15) is 0 Å². The van der Waals surface area contributed by atoms with Gasteiger partial charge in [0.1, 0.15) is 22.2 Å². The molecular weight excluding hydrogens is 248 g/mol. The molecule has 0 aliphatic rings. The van der Waals surface area contributed by atoms with E-state index in [-0.39, 0.29) is 11.9 Å². The van der Waals surface area contributed by atoms with Gasteiger partial charge >= 0.3 is 5.88 Å². The first-order chi connectivity index (χ1) is 8.97. The molecular formula is C13H16N2O4. The van der Waals surface area contributed by atoms with E-state index in [1.807, 2.05) is 26.8 Å². The van der Waals surface area contributed by atoms with E-state index in [0.29, 0.717) is 12.3 Å². The first kappa shape index (κ1) is 13.4. The fourth-order valence-electron chi connectivity index (χ4n) is 2.00. The normalized spacial score (nSPS) is 12.6. The summed E-state index contributed by atoms with van der Waals surface area (Å²) in [5.41, 5.74) is 1.08. The SMILES string of the molecule is Cc1cc(C(C)NCc2ccc([N+](=O)[O-])o2)c(C)o1. The van der Waals surface area contributed by atoms with Crippen molar-refractivity contribution in [3.8, 4) is 0 Å². The average molecular weight is 264 g/mol. The van der Waals surface area contributed by atoms with Crippen LogP contribution in [-0.2, 0) is 6.54 Å². The van der Waals surface area contributed by atoms with Gasteiger partial charge in [-0.1, -0.05) is 0 Å². The molecule has 0 fully saturated rings. The zero-order valence-electron chi connectivity index (χ0n) is 11.1. The molecule has 0 radical (unpaired) electrons. The van der Waals surface area contributed by atoms with E-state index in [1.165, 1.54) is 6.07 Å². The van der Waals surface area contributed by atoms with Gasteiger partial charge in [0.05, 0.1) is 12.6 Å². The molecule has 0 aromatic carbocycles. The van der Waals surface area contributed by atoms with Gasteiger partial charge in [0, 0.05) is 11.6 Å². The zero-order chi connectivity index (χ0) is 14.0. The van der Waals surface area contributed by atoms with Crippen LogP contribution < -0.4 is 5.32 Å². The maximum atomic E-state index is 10.5. The second-order valence-corrected chi connectivity index (χ2v) is 4.47. The van der Waals surface area contributed by atoms with E-state index in [0.717, 1.165) is 17.1 Å². The molecule has 0 aliphatic heterocycles. The first-order valence-corrected chi connectivity index (χ1v) is 6.01. The van der Waals surface area contributed by atoms with Gasteiger partial charge in [-0.3, -0.25) is 10.1 Å². The molecule has 6 heteroatoms. The van der Waals surface area contributed by atoms with Crippen LogP contribution in [0, 0.1) is 24.0 Å². The minimum Gasteiger partial charge on any atom is -0.466 e. The van der Waals surface area contributed by atoms with Crippen molar-refractivity contribution in [2.24, 2.45) is 0 Å². The summed E-state index contributed by atoms with van der Waals surface area (Å²) in [6, 6.07) is 5.03. The molecule has 0 saturated carbocycles. The minimum atomic E-state index is -0.545. The quantitative estimate of drug-likeness (QED) is 0.662. The molecule has 0 aliphatic carbocycles. The Balaban J connectivity index is 1.98. The molecule has 102 valence electrons. The van der Waals surface area contributed by atoms with Crippen molar-refractivity contribution in [3.63, 3.8) is 0 Å². The Morgan fingerprint density at radius 3 is 2.63 bits per heavy atom. The molecule has 0 saturated heterocycles. The number of hydrogen-bond donors (Lipinski definition) is 1. The van der Waals surface area contributed by atoms with Crippen LogP contribution in [0.25, 0.3) is 0 Å². The van der Waals surface area contributed by atoms with Gasteiger partial charge in [0.15, 0.2) is 0 Å². The summed E-state index contributed by atoms with van der Waals surface area (Å²) in [5, 5.41) is 13.7. The summed E-state index contributed by atoms with van der Waals surface area (Å²) in [5.74, 6) is 2.05. The Morgan fingerprint density at radius 2 is 2.11 bits per heavy atom. The minimum absolute atomic E-state index is 0.0848. The predicted octanol–water partition coefficient (Wildman–Crippen LogP) is 3.25. The molecule has 19 heavy (non-hydrogen) atoms. The van der Waals surface area contributed by atoms with Crippen LogP contribution in [0.4, 0.5) is 5.88 Å². The number of hydrogen-bond acceptors (Lipinski definition) is 5. The van der Waals surface area contributed by atoms with Crippen molar-refractivity contribution < 1.29 is 13.8 Å². The van der Waals surface area contributed by atoms with Gasteiger partial charge in [-0.15, -0.1) is 0 Å². The highest BCUT2D eigenvalue weighted by molar-refractivity contribution is 5.24. The molecule has 1 unspecified atom stereocenters. The number of nitrogens with one attached hydrogen (secondary N) is 1. The van der Waals surface area contributed by atoms with Crippen molar-refractivity contribution >= 4 is 5.88 Å². The highest BCUT2D eigenvalue weighted by Gasteiger charge is 2.15. The van der Waals surface area contributed by atoms with Crippen molar-refractivity contribution in [2.75, 3.05) is 0 Å². The highest BCUT2D eigenvalue weighted by Crippen LogP contribution is 2.22. The number of nitrogens with zero attached hydrogens (tertiary/aromatic N) is 1. The number of furan rings is 2. The Bertz CT molecular complexity index is 585. The van der Waals surface area contributed by atoms with E-state index in [1.54, 1.807) is 6.07 Å². The monoisotopic (exact) mass is 264 g/mol. The summed E-state index contributed by atoms with van der Waals surface area (Å²) in [6.45, 7) is 6.25. The molecule has 2 aromatic heterocycles. The van der Waals surface area contributed by atoms with E-state index in [9.17, 15) is 10.1 Å². The average Bonchev–Trinajstić information content (AvgIpc) is 2.93. The summed E-state index contributed by atoms with van der Waals surface area (Å²) in [6.07, 6.45) is 0. The molecule has 1 atom stereocenters. The lowest BCUT2D eigenvalue weighted by Crippen LogP contribution is -2.17. The largest absolute Gasteiger partial charge is 0.466 e. The second kappa shape index (κ2) is 5.27. The molecule has 1 N–H and O–H groups in total. The molecule has 0 amide bonds. The fraction of sp³-hybridized carbons (Fsp3) is 0.385. The number of nitro groups is 1. The maximum Gasteiger partial charge on any atom is 0.433 e. The lowest BCUT2D eigenvalue weighted by atomic mass is 10.1. The molecule has 0 spiro atoms. The Labute approximate surface area is 110 Å². The molecule has 2 rings (SSSR count). The van der Waals surface area contributed by atoms with Crippen LogP contribution in [0.5, 0.6) is 0 Å². The standard InChI is InChI=1S/C13H16N2O4/c1-8-6-12(10(3)18-8)9(2)14-7-11-4-5-13(19-11)15(16)17/h4-6,9,14H,7H2,1-3H3. The predicted molar refractivity (Wildman–Crippen MR) is 68.8 cm³/mol. The van der Waals surface area contributed by atoms with Crippen LogP contribution in [0.3, 0.4) is 0 Å². The number of aryl methyl sites for hydroxylation is 2. The fourth-order valence-corrected chi connectivity index (χ4v) is 2.00. The van der Waals surface area contributed by atoms with Gasteiger partial charge in [-0.25, -0.2) is 0 Å². The van der Waals surface area contributed by atoms with Gasteiger partial charge in [-0.05, 0) is 32.9 Å². The molecule has 6 nitrogen and oxygen atoms in total. The third kappa shape index (κ3) is 3.03. The van der Waals surface area contributed by atoms with Crippen LogP contribution in [0.15, 0.2) is 27.0 Å². The Hall–Kier alpha value is -2.08. The third-order valence-corrected chi connectivity index (χ3v) is 2.96. The highest BCUT2D eigenvalue weighted by atomic mass is 16.6. The van der Waals surface area contributed by atoms with Gasteiger partial charge in [0.2, 0.25) is 0 Å². The topological polar surface area (TPSA) is 81.5 Å². The molecule has 2 aromatic rings. The van der Waals surface area contributed by atoms with Crippen LogP contribution in [0.1, 0.15) is 35.8 Å². The van der Waals surface area contributed by atoms with Crippen molar-refractivity contribution in [2.45, 2.75) is 33.4 Å². The lowest BCUT2D eigenvalue weighted by molar-refractivity contribution is -0.402. The molecule has 2 heterocycles. The lowest BCUT2D eigenvalue weighted by Gasteiger charge is -2.11. The van der Waals surface area contributed by atoms with Crippen molar-refractivity contribution in [3.05, 3.63) is 51.2 Å². The Morgan fingerprint density at radius 1 is 1.37 bits per heavy atom. The summed E-state index contributed by atoms with van der Waals surface area (Å²) in [4.78, 5) is 9.96. The van der Waals surface area contributed by atoms with E-state index >= 15 is 0 Å². The van der Waals surface area contributed by atoms with E-state index in [4.69, 9.17) is 8.83 Å². The van der Waals surface area contributed by atoms with Crippen molar-refractivity contribution in [1.82, 2.24) is 5.32 Å². The smallest absolute Gasteiger partial charge is 0.433 e. The summed E-state index contributed by atoms with van der Waals surface area (Å²) < 4.78 is 10.6. The number of rotatable bonds is 5. The Kier molecular flexibility index (Phi) is 3.71.